The SMILES string of the molecule is CSC(C)CCNC(=O)c1cc(Cl)ccc1[N+](=O)[O-]. The summed E-state index contributed by atoms with van der Waals surface area (Å²) in [7, 11) is 0. The Bertz CT molecular complexity index is 482. The molecule has 0 radical (unpaired) electrons. The lowest BCUT2D eigenvalue weighted by Gasteiger charge is -2.09. The monoisotopic (exact) mass is 302 g/mol. The van der Waals surface area contributed by atoms with Gasteiger partial charge in [0.2, 0.25) is 0 Å². The summed E-state index contributed by atoms with van der Waals surface area (Å²) >= 11 is 7.47. The van der Waals surface area contributed by atoms with Crippen LogP contribution >= 0.6 is 23.4 Å². The number of nitro groups is 1. The van der Waals surface area contributed by atoms with E-state index >= 15 is 0 Å². The number of carbonyl (C=O) groups excluding carboxylic acids is 1. The summed E-state index contributed by atoms with van der Waals surface area (Å²) in [6.07, 6.45) is 2.80. The standard InChI is InChI=1S/C12H15ClN2O3S/c1-8(19-2)5-6-14-12(16)10-7-9(13)3-4-11(10)15(17)18/h3-4,7-8H,5-6H2,1-2H3,(H,14,16). The van der Waals surface area contributed by atoms with Crippen LogP contribution in [0.1, 0.15) is 23.7 Å². The van der Waals surface area contributed by atoms with Gasteiger partial charge in [-0.05, 0) is 24.8 Å². The van der Waals surface area contributed by atoms with Crippen LogP contribution in [0, 0.1) is 10.1 Å². The lowest BCUT2D eigenvalue weighted by atomic mass is 10.1. The maximum absolute atomic E-state index is 11.9. The number of nitrogens with zero attached hydrogens (tertiary/aromatic N) is 1. The molecular weight excluding hydrogens is 288 g/mol. The second-order valence-corrected chi connectivity index (χ2v) is 5.72. The second-order valence-electron chi connectivity index (χ2n) is 4.01. The molecule has 1 aromatic rings. The molecule has 0 saturated carbocycles. The maximum atomic E-state index is 11.9. The number of hydrogen-bond donors (Lipinski definition) is 1. The number of thioether (sulfide) groups is 1. The molecule has 5 nitrogen and oxygen atoms in total. The van der Waals surface area contributed by atoms with E-state index in [4.69, 9.17) is 11.6 Å². The number of benzene rings is 1. The molecule has 0 spiro atoms. The minimum absolute atomic E-state index is 0.00527. The Balaban J connectivity index is 2.76. The zero-order chi connectivity index (χ0) is 14.4. The smallest absolute Gasteiger partial charge is 0.282 e. The van der Waals surface area contributed by atoms with Crippen molar-refractivity contribution in [1.82, 2.24) is 5.32 Å². The minimum atomic E-state index is -0.588. The van der Waals surface area contributed by atoms with E-state index in [2.05, 4.69) is 12.2 Å². The van der Waals surface area contributed by atoms with Gasteiger partial charge in [-0.25, -0.2) is 0 Å². The highest BCUT2D eigenvalue weighted by Gasteiger charge is 2.20. The summed E-state index contributed by atoms with van der Waals surface area (Å²) < 4.78 is 0. The highest BCUT2D eigenvalue weighted by molar-refractivity contribution is 7.99. The molecule has 0 bridgehead atoms. The van der Waals surface area contributed by atoms with Crippen molar-refractivity contribution >= 4 is 35.0 Å². The molecule has 0 aliphatic rings. The Kier molecular flexibility index (Phi) is 6.11. The molecule has 0 saturated heterocycles. The van der Waals surface area contributed by atoms with Crippen molar-refractivity contribution in [2.24, 2.45) is 0 Å². The van der Waals surface area contributed by atoms with Crippen LogP contribution < -0.4 is 5.32 Å². The quantitative estimate of drug-likeness (QED) is 0.647. The number of hydrogen-bond acceptors (Lipinski definition) is 4. The molecule has 1 N–H and O–H groups in total. The summed E-state index contributed by atoms with van der Waals surface area (Å²) in [5.74, 6) is -0.470. The number of rotatable bonds is 6. The molecular formula is C12H15ClN2O3S. The third kappa shape index (κ3) is 4.72. The normalized spacial score (nSPS) is 11.9. The van der Waals surface area contributed by atoms with Crippen LogP contribution in [0.2, 0.25) is 5.02 Å². The van der Waals surface area contributed by atoms with Crippen molar-refractivity contribution in [3.8, 4) is 0 Å². The first-order chi connectivity index (χ1) is 8.95. The van der Waals surface area contributed by atoms with E-state index in [1.807, 2.05) is 6.26 Å². The van der Waals surface area contributed by atoms with Crippen LogP contribution in [-0.4, -0.2) is 28.9 Å². The number of halogens is 1. The first kappa shape index (κ1) is 15.8. The molecule has 0 aromatic heterocycles. The van der Waals surface area contributed by atoms with Gasteiger partial charge in [-0.1, -0.05) is 18.5 Å². The average Bonchev–Trinajstić information content (AvgIpc) is 2.37. The number of nitro benzene ring substituents is 1. The fourth-order valence-corrected chi connectivity index (χ4v) is 1.98. The van der Waals surface area contributed by atoms with E-state index in [-0.39, 0.29) is 11.3 Å². The van der Waals surface area contributed by atoms with Gasteiger partial charge in [0.1, 0.15) is 5.56 Å². The maximum Gasteiger partial charge on any atom is 0.282 e. The first-order valence-electron chi connectivity index (χ1n) is 5.70. The van der Waals surface area contributed by atoms with Crippen LogP contribution in [0.25, 0.3) is 0 Å². The molecule has 0 heterocycles. The van der Waals surface area contributed by atoms with Crippen LogP contribution in [0.4, 0.5) is 5.69 Å². The van der Waals surface area contributed by atoms with Crippen molar-refractivity contribution in [2.75, 3.05) is 12.8 Å². The van der Waals surface area contributed by atoms with Gasteiger partial charge in [0.15, 0.2) is 0 Å². The van der Waals surface area contributed by atoms with Gasteiger partial charge in [0, 0.05) is 22.9 Å². The second kappa shape index (κ2) is 7.35. The van der Waals surface area contributed by atoms with Gasteiger partial charge in [-0.15, -0.1) is 0 Å². The van der Waals surface area contributed by atoms with Crippen molar-refractivity contribution in [2.45, 2.75) is 18.6 Å². The molecule has 0 aliphatic heterocycles. The van der Waals surface area contributed by atoms with Gasteiger partial charge in [0.25, 0.3) is 11.6 Å². The molecule has 0 aliphatic carbocycles. The number of nitrogens with one attached hydrogen (secondary N) is 1. The molecule has 1 amide bonds. The Labute approximate surface area is 120 Å². The average molecular weight is 303 g/mol. The van der Waals surface area contributed by atoms with Crippen LogP contribution in [0.3, 0.4) is 0 Å². The van der Waals surface area contributed by atoms with Gasteiger partial charge < -0.3 is 5.32 Å². The zero-order valence-corrected chi connectivity index (χ0v) is 12.3. The van der Waals surface area contributed by atoms with Crippen molar-refractivity contribution in [3.63, 3.8) is 0 Å². The Morgan fingerprint density at radius 1 is 1.58 bits per heavy atom. The Morgan fingerprint density at radius 3 is 2.84 bits per heavy atom. The highest BCUT2D eigenvalue weighted by atomic mass is 35.5. The van der Waals surface area contributed by atoms with E-state index in [0.29, 0.717) is 16.8 Å². The zero-order valence-electron chi connectivity index (χ0n) is 10.7. The summed E-state index contributed by atoms with van der Waals surface area (Å²) in [5, 5.41) is 14.2. The summed E-state index contributed by atoms with van der Waals surface area (Å²) in [5.41, 5.74) is -0.242. The van der Waals surface area contributed by atoms with Crippen LogP contribution in [0.15, 0.2) is 18.2 Å². The van der Waals surface area contributed by atoms with E-state index in [1.165, 1.54) is 18.2 Å². The third-order valence-corrected chi connectivity index (χ3v) is 3.91. The fourth-order valence-electron chi connectivity index (χ4n) is 1.45. The Morgan fingerprint density at radius 2 is 2.26 bits per heavy atom. The molecule has 7 heteroatoms. The van der Waals surface area contributed by atoms with Crippen molar-refractivity contribution < 1.29 is 9.72 Å². The molecule has 1 atom stereocenters. The van der Waals surface area contributed by atoms with Crippen LogP contribution in [0.5, 0.6) is 0 Å². The number of carbonyl (C=O) groups is 1. The van der Waals surface area contributed by atoms with E-state index in [9.17, 15) is 14.9 Å². The molecule has 0 fully saturated rings. The van der Waals surface area contributed by atoms with Crippen molar-refractivity contribution in [1.29, 1.82) is 0 Å². The first-order valence-corrected chi connectivity index (χ1v) is 7.37. The van der Waals surface area contributed by atoms with Crippen LogP contribution in [-0.2, 0) is 0 Å². The molecule has 104 valence electrons. The number of amides is 1. The third-order valence-electron chi connectivity index (χ3n) is 2.64. The lowest BCUT2D eigenvalue weighted by molar-refractivity contribution is -0.385. The molecule has 19 heavy (non-hydrogen) atoms. The molecule has 1 aromatic carbocycles. The van der Waals surface area contributed by atoms with Gasteiger partial charge in [0.05, 0.1) is 4.92 Å². The van der Waals surface area contributed by atoms with Crippen molar-refractivity contribution in [3.05, 3.63) is 38.9 Å². The predicted molar refractivity (Wildman–Crippen MR) is 78.0 cm³/mol. The topological polar surface area (TPSA) is 72.2 Å². The lowest BCUT2D eigenvalue weighted by Crippen LogP contribution is -2.26. The minimum Gasteiger partial charge on any atom is -0.352 e. The predicted octanol–water partition coefficient (Wildman–Crippen LogP) is 3.12. The van der Waals surface area contributed by atoms with Gasteiger partial charge in [-0.2, -0.15) is 11.8 Å². The largest absolute Gasteiger partial charge is 0.352 e. The molecule has 1 unspecified atom stereocenters. The van der Waals surface area contributed by atoms with E-state index < -0.39 is 10.8 Å². The molecule has 1 rings (SSSR count). The Hall–Kier alpha value is -1.27. The summed E-state index contributed by atoms with van der Waals surface area (Å²) in [6, 6.07) is 3.95. The summed E-state index contributed by atoms with van der Waals surface area (Å²) in [4.78, 5) is 22.2. The van der Waals surface area contributed by atoms with Gasteiger partial charge >= 0.3 is 0 Å². The van der Waals surface area contributed by atoms with E-state index in [1.54, 1.807) is 11.8 Å². The summed E-state index contributed by atoms with van der Waals surface area (Å²) in [6.45, 7) is 2.53. The fraction of sp³-hybridized carbons (Fsp3) is 0.417. The van der Waals surface area contributed by atoms with E-state index in [0.717, 1.165) is 6.42 Å². The van der Waals surface area contributed by atoms with Gasteiger partial charge in [-0.3, -0.25) is 14.9 Å². The highest BCUT2D eigenvalue weighted by Crippen LogP contribution is 2.22.